The third-order valence-corrected chi connectivity index (χ3v) is 5.72. The molecular formula is C18H10Cl2I2. The standard InChI is InChI=1S/C18H10Cl2I2/c19-13-5-7-17(21)15(9-13)11-1-2-12(4-3-11)16-10-14(20)6-8-18(16)22/h1-10H. The summed E-state index contributed by atoms with van der Waals surface area (Å²) in [5, 5.41) is 1.51. The van der Waals surface area contributed by atoms with Gasteiger partial charge in [-0.3, -0.25) is 0 Å². The molecule has 0 radical (unpaired) electrons. The Morgan fingerprint density at radius 2 is 0.909 bits per heavy atom. The number of halogens is 4. The molecule has 0 aromatic heterocycles. The highest BCUT2D eigenvalue weighted by Gasteiger charge is 2.07. The summed E-state index contributed by atoms with van der Waals surface area (Å²) in [6.07, 6.45) is 0. The second kappa shape index (κ2) is 7.07. The Labute approximate surface area is 167 Å². The SMILES string of the molecule is Clc1ccc(I)c(-c2ccc(-c3cc(Cl)ccc3I)cc2)c1. The van der Waals surface area contributed by atoms with Gasteiger partial charge in [0.05, 0.1) is 0 Å². The molecular weight excluding hydrogens is 541 g/mol. The zero-order valence-electron chi connectivity index (χ0n) is 11.3. The van der Waals surface area contributed by atoms with Crippen molar-refractivity contribution in [3.63, 3.8) is 0 Å². The molecule has 3 aromatic carbocycles. The highest BCUT2D eigenvalue weighted by Crippen LogP contribution is 2.32. The number of benzene rings is 3. The van der Waals surface area contributed by atoms with E-state index in [1.807, 2.05) is 36.4 Å². The van der Waals surface area contributed by atoms with Gasteiger partial charge in [-0.25, -0.2) is 0 Å². The average molecular weight is 551 g/mol. The maximum atomic E-state index is 6.11. The molecule has 110 valence electrons. The van der Waals surface area contributed by atoms with Crippen LogP contribution in [0.4, 0.5) is 0 Å². The number of hydrogen-bond acceptors (Lipinski definition) is 0. The van der Waals surface area contributed by atoms with E-state index in [1.54, 1.807) is 0 Å². The van der Waals surface area contributed by atoms with E-state index < -0.39 is 0 Å². The molecule has 3 rings (SSSR count). The van der Waals surface area contributed by atoms with E-state index in [4.69, 9.17) is 23.2 Å². The highest BCUT2D eigenvalue weighted by molar-refractivity contribution is 14.1. The largest absolute Gasteiger partial charge is 0.0843 e. The smallest absolute Gasteiger partial charge is 0.0412 e. The molecule has 0 amide bonds. The van der Waals surface area contributed by atoms with Gasteiger partial charge in [-0.1, -0.05) is 47.5 Å². The Balaban J connectivity index is 2.03. The minimum atomic E-state index is 0.754. The molecule has 0 saturated heterocycles. The molecule has 0 saturated carbocycles. The topological polar surface area (TPSA) is 0 Å². The first-order valence-corrected chi connectivity index (χ1v) is 9.47. The minimum absolute atomic E-state index is 0.754. The van der Waals surface area contributed by atoms with Crippen LogP contribution in [0.15, 0.2) is 60.7 Å². The normalized spacial score (nSPS) is 10.7. The van der Waals surface area contributed by atoms with Crippen LogP contribution in [0.25, 0.3) is 22.3 Å². The van der Waals surface area contributed by atoms with Gasteiger partial charge in [-0.05, 0) is 104 Å². The molecule has 0 N–H and O–H groups in total. The fourth-order valence-corrected chi connectivity index (χ4v) is 3.90. The monoisotopic (exact) mass is 550 g/mol. The molecule has 3 aromatic rings. The lowest BCUT2D eigenvalue weighted by molar-refractivity contribution is 1.55. The van der Waals surface area contributed by atoms with Gasteiger partial charge in [0.15, 0.2) is 0 Å². The van der Waals surface area contributed by atoms with Gasteiger partial charge in [-0.15, -0.1) is 0 Å². The molecule has 22 heavy (non-hydrogen) atoms. The van der Waals surface area contributed by atoms with Gasteiger partial charge in [0.25, 0.3) is 0 Å². The van der Waals surface area contributed by atoms with Crippen molar-refractivity contribution >= 4 is 68.4 Å². The molecule has 0 fully saturated rings. The molecule has 0 spiro atoms. The van der Waals surface area contributed by atoms with Crippen LogP contribution in [-0.4, -0.2) is 0 Å². The lowest BCUT2D eigenvalue weighted by Gasteiger charge is -2.09. The highest BCUT2D eigenvalue weighted by atomic mass is 127. The molecule has 0 bridgehead atoms. The zero-order valence-corrected chi connectivity index (χ0v) is 17.1. The van der Waals surface area contributed by atoms with Crippen molar-refractivity contribution < 1.29 is 0 Å². The van der Waals surface area contributed by atoms with Crippen LogP contribution in [0.5, 0.6) is 0 Å². The van der Waals surface area contributed by atoms with Gasteiger partial charge >= 0.3 is 0 Å². The maximum absolute atomic E-state index is 6.11. The third-order valence-electron chi connectivity index (χ3n) is 3.36. The van der Waals surface area contributed by atoms with Crippen LogP contribution >= 0.6 is 68.4 Å². The van der Waals surface area contributed by atoms with E-state index in [2.05, 4.69) is 69.4 Å². The Morgan fingerprint density at radius 1 is 0.545 bits per heavy atom. The van der Waals surface area contributed by atoms with Gasteiger partial charge in [0.2, 0.25) is 0 Å². The van der Waals surface area contributed by atoms with Crippen molar-refractivity contribution in [2.24, 2.45) is 0 Å². The first-order valence-electron chi connectivity index (χ1n) is 6.55. The summed E-state index contributed by atoms with van der Waals surface area (Å²) in [6, 6.07) is 20.4. The average Bonchev–Trinajstić information content (AvgIpc) is 2.52. The minimum Gasteiger partial charge on any atom is -0.0843 e. The Bertz CT molecular complexity index is 756. The molecule has 0 unspecified atom stereocenters. The Morgan fingerprint density at radius 3 is 1.27 bits per heavy atom. The lowest BCUT2D eigenvalue weighted by atomic mass is 10.0. The molecule has 0 atom stereocenters. The molecule has 0 nitrogen and oxygen atoms in total. The van der Waals surface area contributed by atoms with E-state index in [9.17, 15) is 0 Å². The summed E-state index contributed by atoms with van der Waals surface area (Å²) in [7, 11) is 0. The van der Waals surface area contributed by atoms with Crippen LogP contribution < -0.4 is 0 Å². The fraction of sp³-hybridized carbons (Fsp3) is 0. The van der Waals surface area contributed by atoms with Crippen LogP contribution in [-0.2, 0) is 0 Å². The van der Waals surface area contributed by atoms with E-state index >= 15 is 0 Å². The fourth-order valence-electron chi connectivity index (χ4n) is 2.27. The second-order valence-electron chi connectivity index (χ2n) is 4.83. The van der Waals surface area contributed by atoms with Gasteiger partial charge in [0.1, 0.15) is 0 Å². The molecule has 0 aliphatic heterocycles. The van der Waals surface area contributed by atoms with Crippen LogP contribution in [0, 0.1) is 7.14 Å². The lowest BCUT2D eigenvalue weighted by Crippen LogP contribution is -1.86. The van der Waals surface area contributed by atoms with Crippen molar-refractivity contribution in [1.29, 1.82) is 0 Å². The molecule has 0 aliphatic rings. The van der Waals surface area contributed by atoms with E-state index in [-0.39, 0.29) is 0 Å². The first-order chi connectivity index (χ1) is 10.5. The predicted molar refractivity (Wildman–Crippen MR) is 113 cm³/mol. The summed E-state index contributed by atoms with van der Waals surface area (Å²) < 4.78 is 2.37. The Hall–Kier alpha value is -0.300. The number of rotatable bonds is 2. The maximum Gasteiger partial charge on any atom is 0.0412 e. The van der Waals surface area contributed by atoms with Gasteiger partial charge in [0, 0.05) is 17.2 Å². The van der Waals surface area contributed by atoms with Crippen LogP contribution in [0.3, 0.4) is 0 Å². The van der Waals surface area contributed by atoms with E-state index in [0.717, 1.165) is 32.3 Å². The van der Waals surface area contributed by atoms with Crippen molar-refractivity contribution in [2.45, 2.75) is 0 Å². The quantitative estimate of drug-likeness (QED) is 0.289. The van der Waals surface area contributed by atoms with Crippen LogP contribution in [0.1, 0.15) is 0 Å². The first kappa shape index (κ1) is 16.6. The van der Waals surface area contributed by atoms with Crippen LogP contribution in [0.2, 0.25) is 10.0 Å². The van der Waals surface area contributed by atoms with E-state index in [1.165, 1.54) is 7.14 Å². The second-order valence-corrected chi connectivity index (χ2v) is 8.02. The molecule has 0 aliphatic carbocycles. The molecule has 4 heteroatoms. The van der Waals surface area contributed by atoms with Crippen molar-refractivity contribution in [1.82, 2.24) is 0 Å². The summed E-state index contributed by atoms with van der Waals surface area (Å²) in [5.74, 6) is 0. The van der Waals surface area contributed by atoms with Crippen molar-refractivity contribution in [2.75, 3.05) is 0 Å². The summed E-state index contributed by atoms with van der Waals surface area (Å²) in [5.41, 5.74) is 4.63. The predicted octanol–water partition coefficient (Wildman–Crippen LogP) is 7.54. The van der Waals surface area contributed by atoms with Crippen molar-refractivity contribution in [3.8, 4) is 22.3 Å². The van der Waals surface area contributed by atoms with Gasteiger partial charge in [-0.2, -0.15) is 0 Å². The third kappa shape index (κ3) is 3.61. The van der Waals surface area contributed by atoms with E-state index in [0.29, 0.717) is 0 Å². The number of hydrogen-bond donors (Lipinski definition) is 0. The summed E-state index contributed by atoms with van der Waals surface area (Å²) >= 11 is 16.9. The summed E-state index contributed by atoms with van der Waals surface area (Å²) in [4.78, 5) is 0. The summed E-state index contributed by atoms with van der Waals surface area (Å²) in [6.45, 7) is 0. The van der Waals surface area contributed by atoms with Gasteiger partial charge < -0.3 is 0 Å². The Kier molecular flexibility index (Phi) is 5.32. The van der Waals surface area contributed by atoms with Crippen molar-refractivity contribution in [3.05, 3.63) is 77.8 Å². The molecule has 0 heterocycles. The zero-order chi connectivity index (χ0) is 15.7.